The lowest BCUT2D eigenvalue weighted by Crippen LogP contribution is -2.53. The van der Waals surface area contributed by atoms with Crippen LogP contribution in [-0.4, -0.2) is 62.6 Å². The number of carbonyl (C=O) groups is 3. The average molecular weight is 678 g/mol. The number of amides is 2. The highest BCUT2D eigenvalue weighted by molar-refractivity contribution is 7.09. The number of thiazole rings is 1. The first-order valence-electron chi connectivity index (χ1n) is 16.8. The number of benzene rings is 1. The summed E-state index contributed by atoms with van der Waals surface area (Å²) in [6, 6.07) is 2.77. The number of anilines is 1. The van der Waals surface area contributed by atoms with E-state index in [9.17, 15) is 29.0 Å². The third-order valence-corrected chi connectivity index (χ3v) is 9.92. The molecule has 10 nitrogen and oxygen atoms in total. The molecule has 0 aliphatic rings. The van der Waals surface area contributed by atoms with Crippen LogP contribution in [0.25, 0.3) is 0 Å². The summed E-state index contributed by atoms with van der Waals surface area (Å²) in [5.41, 5.74) is 11.5. The van der Waals surface area contributed by atoms with E-state index in [1.807, 2.05) is 32.6 Å². The van der Waals surface area contributed by atoms with Crippen molar-refractivity contribution >= 4 is 34.8 Å². The van der Waals surface area contributed by atoms with Crippen molar-refractivity contribution in [1.29, 1.82) is 0 Å². The normalized spacial score (nSPS) is 15.1. The van der Waals surface area contributed by atoms with Crippen molar-refractivity contribution in [3.63, 3.8) is 0 Å². The molecule has 0 spiro atoms. The van der Waals surface area contributed by atoms with Gasteiger partial charge in [0.15, 0.2) is 0 Å². The molecule has 0 saturated carbocycles. The number of unbranched alkanes of at least 4 members (excludes halogenated alkanes) is 3. The van der Waals surface area contributed by atoms with Crippen LogP contribution < -0.4 is 16.8 Å². The highest BCUT2D eigenvalue weighted by Crippen LogP contribution is 2.30. The van der Waals surface area contributed by atoms with Crippen LogP contribution in [0.1, 0.15) is 121 Å². The Morgan fingerprint density at radius 3 is 2.38 bits per heavy atom. The fourth-order valence-corrected chi connectivity index (χ4v) is 6.39. The second kappa shape index (κ2) is 18.5. The van der Waals surface area contributed by atoms with Crippen LogP contribution in [0.15, 0.2) is 23.6 Å². The summed E-state index contributed by atoms with van der Waals surface area (Å²) in [7, 11) is 0. The molecule has 47 heavy (non-hydrogen) atoms. The monoisotopic (exact) mass is 677 g/mol. The second-order valence-corrected chi connectivity index (χ2v) is 14.7. The maximum atomic E-state index is 14.2. The predicted octanol–water partition coefficient (Wildman–Crippen LogP) is 5.94. The van der Waals surface area contributed by atoms with Crippen LogP contribution in [-0.2, 0) is 16.0 Å². The zero-order valence-electron chi connectivity index (χ0n) is 29.1. The Morgan fingerprint density at radius 2 is 1.81 bits per heavy atom. The van der Waals surface area contributed by atoms with E-state index in [-0.39, 0.29) is 54.4 Å². The van der Waals surface area contributed by atoms with Gasteiger partial charge in [-0.25, -0.2) is 9.37 Å². The standard InChI is InChI=1S/C35H56FN5O5S/c1-8-10-11-12-15-41(33(44)30(38)22(5)9-2)28(21(3)4)18-29(42)32-40-27(20-47-32)31(43)39-24(19-35(6,7)34(45)46)16-23-13-14-26(37)25(36)17-23/h13-14,17,20-22,24,28-30,42H,8-12,15-16,18-19,37-38H2,1-7H3,(H,39,43)(H,45,46)/t22-,24-,28+,29+,30-/m0/s1. The van der Waals surface area contributed by atoms with Crippen molar-refractivity contribution in [3.05, 3.63) is 45.7 Å². The van der Waals surface area contributed by atoms with E-state index in [2.05, 4.69) is 17.2 Å². The lowest BCUT2D eigenvalue weighted by atomic mass is 9.84. The topological polar surface area (TPSA) is 172 Å². The lowest BCUT2D eigenvalue weighted by Gasteiger charge is -2.38. The number of aliphatic carboxylic acids is 1. The molecule has 7 N–H and O–H groups in total. The Balaban J connectivity index is 2.26. The lowest BCUT2D eigenvalue weighted by molar-refractivity contribution is -0.147. The zero-order chi connectivity index (χ0) is 35.5. The molecule has 0 radical (unpaired) electrons. The number of nitrogens with two attached hydrogens (primary N) is 2. The van der Waals surface area contributed by atoms with Crippen LogP contribution in [0, 0.1) is 23.1 Å². The van der Waals surface area contributed by atoms with Crippen molar-refractivity contribution in [3.8, 4) is 0 Å². The van der Waals surface area contributed by atoms with Gasteiger partial charge in [0, 0.05) is 30.4 Å². The van der Waals surface area contributed by atoms with Crippen molar-refractivity contribution in [2.75, 3.05) is 12.3 Å². The Morgan fingerprint density at radius 1 is 1.13 bits per heavy atom. The molecular weight excluding hydrogens is 621 g/mol. The zero-order valence-corrected chi connectivity index (χ0v) is 29.9. The van der Waals surface area contributed by atoms with E-state index in [0.29, 0.717) is 17.1 Å². The van der Waals surface area contributed by atoms with Gasteiger partial charge in [-0.3, -0.25) is 14.4 Å². The predicted molar refractivity (Wildman–Crippen MR) is 185 cm³/mol. The molecule has 0 fully saturated rings. The molecule has 1 heterocycles. The molecule has 2 amide bonds. The molecule has 2 rings (SSSR count). The number of nitrogen functional groups attached to an aromatic ring is 1. The number of carboxylic acid groups (broad SMARTS) is 1. The van der Waals surface area contributed by atoms with E-state index >= 15 is 0 Å². The first-order valence-corrected chi connectivity index (χ1v) is 17.7. The number of hydrogen-bond donors (Lipinski definition) is 5. The molecule has 12 heteroatoms. The molecule has 0 bridgehead atoms. The maximum Gasteiger partial charge on any atom is 0.309 e. The third kappa shape index (κ3) is 11.8. The number of carboxylic acids is 1. The molecule has 0 saturated heterocycles. The average Bonchev–Trinajstić information content (AvgIpc) is 3.51. The number of aromatic nitrogens is 1. The van der Waals surface area contributed by atoms with Crippen LogP contribution in [0.5, 0.6) is 0 Å². The quantitative estimate of drug-likeness (QED) is 0.0847. The van der Waals surface area contributed by atoms with Gasteiger partial charge in [0.25, 0.3) is 5.91 Å². The number of carbonyl (C=O) groups excluding carboxylic acids is 2. The Bertz CT molecular complexity index is 1320. The van der Waals surface area contributed by atoms with Gasteiger partial charge in [-0.15, -0.1) is 11.3 Å². The highest BCUT2D eigenvalue weighted by atomic mass is 32.1. The van der Waals surface area contributed by atoms with Crippen LogP contribution in [0.2, 0.25) is 0 Å². The minimum atomic E-state index is -1.17. The van der Waals surface area contributed by atoms with Crippen LogP contribution >= 0.6 is 11.3 Å². The second-order valence-electron chi connectivity index (χ2n) is 13.8. The number of hydrogen-bond acceptors (Lipinski definition) is 8. The highest BCUT2D eigenvalue weighted by Gasteiger charge is 2.35. The maximum absolute atomic E-state index is 14.2. The van der Waals surface area contributed by atoms with E-state index in [1.54, 1.807) is 25.3 Å². The fourth-order valence-electron chi connectivity index (χ4n) is 5.59. The van der Waals surface area contributed by atoms with E-state index in [0.717, 1.165) is 43.4 Å². The Kier molecular flexibility index (Phi) is 15.7. The number of aliphatic hydroxyl groups excluding tert-OH is 1. The molecule has 1 aromatic carbocycles. The van der Waals surface area contributed by atoms with Gasteiger partial charge in [0.1, 0.15) is 22.6 Å². The molecule has 0 aliphatic carbocycles. The van der Waals surface area contributed by atoms with Gasteiger partial charge in [-0.1, -0.05) is 66.4 Å². The summed E-state index contributed by atoms with van der Waals surface area (Å²) in [5.74, 6) is -2.22. The Hall–Kier alpha value is -3.09. The molecule has 0 unspecified atom stereocenters. The van der Waals surface area contributed by atoms with E-state index in [1.165, 1.54) is 12.1 Å². The first-order chi connectivity index (χ1) is 22.0. The van der Waals surface area contributed by atoms with Crippen molar-refractivity contribution in [2.45, 2.75) is 124 Å². The van der Waals surface area contributed by atoms with Gasteiger partial charge < -0.3 is 31.9 Å². The number of nitrogens with zero attached hydrogens (tertiary/aromatic N) is 2. The Labute approximate surface area is 283 Å². The van der Waals surface area contributed by atoms with Crippen LogP contribution in [0.4, 0.5) is 10.1 Å². The number of aliphatic hydroxyl groups is 1. The number of rotatable bonds is 20. The minimum absolute atomic E-state index is 0.00388. The smallest absolute Gasteiger partial charge is 0.309 e. The van der Waals surface area contributed by atoms with Crippen molar-refractivity contribution < 1.29 is 29.0 Å². The molecule has 5 atom stereocenters. The summed E-state index contributed by atoms with van der Waals surface area (Å²) in [6.45, 7) is 13.8. The molecule has 2 aromatic rings. The first kappa shape index (κ1) is 40.1. The fraction of sp³-hybridized carbons (Fsp3) is 0.657. The molecular formula is C35H56FN5O5S. The summed E-state index contributed by atoms with van der Waals surface area (Å²) in [4.78, 5) is 45.2. The van der Waals surface area contributed by atoms with Gasteiger partial charge in [-0.05, 0) is 62.6 Å². The van der Waals surface area contributed by atoms with Gasteiger partial charge in [0.2, 0.25) is 5.91 Å². The largest absolute Gasteiger partial charge is 0.481 e. The molecule has 264 valence electrons. The summed E-state index contributed by atoms with van der Waals surface area (Å²) >= 11 is 1.14. The van der Waals surface area contributed by atoms with E-state index < -0.39 is 41.3 Å². The summed E-state index contributed by atoms with van der Waals surface area (Å²) in [5, 5.41) is 25.8. The van der Waals surface area contributed by atoms with Crippen LogP contribution in [0.3, 0.4) is 0 Å². The third-order valence-electron chi connectivity index (χ3n) is 8.97. The molecule has 1 aromatic heterocycles. The number of nitrogens with one attached hydrogen (secondary N) is 1. The minimum Gasteiger partial charge on any atom is -0.481 e. The summed E-state index contributed by atoms with van der Waals surface area (Å²) in [6.07, 6.45) is 4.23. The molecule has 0 aliphatic heterocycles. The number of halogens is 1. The summed E-state index contributed by atoms with van der Waals surface area (Å²) < 4.78 is 14.2. The van der Waals surface area contributed by atoms with Gasteiger partial charge in [-0.2, -0.15) is 0 Å². The van der Waals surface area contributed by atoms with Gasteiger partial charge >= 0.3 is 5.97 Å². The van der Waals surface area contributed by atoms with Crippen molar-refractivity contribution in [1.82, 2.24) is 15.2 Å². The SMILES string of the molecule is CCCCCCN(C(=O)[C@@H](N)[C@@H](C)CC)[C@H](C[C@@H](O)c1nc(C(=O)N[C@@H](Cc2ccc(N)c(F)c2)CC(C)(C)C(=O)O)cs1)C(C)C. The van der Waals surface area contributed by atoms with Crippen molar-refractivity contribution in [2.24, 2.45) is 23.0 Å². The van der Waals surface area contributed by atoms with Gasteiger partial charge in [0.05, 0.1) is 17.1 Å². The van der Waals surface area contributed by atoms with E-state index in [4.69, 9.17) is 11.5 Å².